The molecule has 0 atom stereocenters. The first-order valence-corrected chi connectivity index (χ1v) is 9.27. The van der Waals surface area contributed by atoms with Crippen molar-refractivity contribution in [1.82, 2.24) is 5.43 Å². The number of anilines is 1. The van der Waals surface area contributed by atoms with Crippen LogP contribution in [0.4, 0.5) is 5.69 Å². The lowest BCUT2D eigenvalue weighted by atomic mass is 10.0. The highest BCUT2D eigenvalue weighted by Crippen LogP contribution is 2.18. The Hall–Kier alpha value is -3.47. The van der Waals surface area contributed by atoms with E-state index in [0.717, 1.165) is 28.4 Å². The fraction of sp³-hybridized carbons (Fsp3) is 0.174. The number of nitrogens with zero attached hydrogens (tertiary/aromatic N) is 1. The van der Waals surface area contributed by atoms with E-state index < -0.39 is 0 Å². The lowest BCUT2D eigenvalue weighted by Gasteiger charge is -2.10. The SMILES string of the molecule is CCc1ccccc1NC(=O)C/C(C)=N/NC(=O)c1cccc2ccccc12. The van der Waals surface area contributed by atoms with Gasteiger partial charge in [0.15, 0.2) is 0 Å². The Morgan fingerprint density at radius 3 is 2.46 bits per heavy atom. The molecule has 2 amide bonds. The van der Waals surface area contributed by atoms with Crippen molar-refractivity contribution in [3.05, 3.63) is 77.9 Å². The van der Waals surface area contributed by atoms with Gasteiger partial charge in [-0.05, 0) is 41.8 Å². The molecule has 0 saturated carbocycles. The minimum Gasteiger partial charge on any atom is -0.326 e. The van der Waals surface area contributed by atoms with Gasteiger partial charge in [-0.25, -0.2) is 5.43 Å². The predicted octanol–water partition coefficient (Wildman–Crippen LogP) is 4.54. The third kappa shape index (κ3) is 4.62. The van der Waals surface area contributed by atoms with E-state index >= 15 is 0 Å². The maximum atomic E-state index is 12.5. The number of hydrazone groups is 1. The maximum absolute atomic E-state index is 12.5. The molecule has 0 saturated heterocycles. The minimum absolute atomic E-state index is 0.105. The van der Waals surface area contributed by atoms with Crippen LogP contribution in [0.2, 0.25) is 0 Å². The normalized spacial score (nSPS) is 11.3. The van der Waals surface area contributed by atoms with Crippen molar-refractivity contribution in [2.24, 2.45) is 5.10 Å². The van der Waals surface area contributed by atoms with E-state index in [1.807, 2.05) is 67.6 Å². The van der Waals surface area contributed by atoms with Crippen molar-refractivity contribution in [3.8, 4) is 0 Å². The molecular formula is C23H23N3O2. The van der Waals surface area contributed by atoms with Crippen LogP contribution in [0.3, 0.4) is 0 Å². The van der Waals surface area contributed by atoms with E-state index in [1.54, 1.807) is 13.0 Å². The monoisotopic (exact) mass is 373 g/mol. The smallest absolute Gasteiger partial charge is 0.271 e. The fourth-order valence-corrected chi connectivity index (χ4v) is 3.05. The number of carbonyl (C=O) groups excluding carboxylic acids is 2. The minimum atomic E-state index is -0.298. The molecule has 0 radical (unpaired) electrons. The van der Waals surface area contributed by atoms with Crippen molar-refractivity contribution < 1.29 is 9.59 Å². The van der Waals surface area contributed by atoms with Crippen LogP contribution in [0.1, 0.15) is 36.2 Å². The van der Waals surface area contributed by atoms with Gasteiger partial charge in [0.1, 0.15) is 0 Å². The molecule has 0 fully saturated rings. The van der Waals surface area contributed by atoms with Gasteiger partial charge < -0.3 is 5.32 Å². The van der Waals surface area contributed by atoms with Gasteiger partial charge in [-0.1, -0.05) is 61.5 Å². The molecule has 2 N–H and O–H groups in total. The number of fused-ring (bicyclic) bond motifs is 1. The van der Waals surface area contributed by atoms with Gasteiger partial charge in [0, 0.05) is 17.0 Å². The summed E-state index contributed by atoms with van der Waals surface area (Å²) in [4.78, 5) is 24.8. The topological polar surface area (TPSA) is 70.6 Å². The van der Waals surface area contributed by atoms with Crippen LogP contribution < -0.4 is 10.7 Å². The molecule has 3 rings (SSSR count). The zero-order chi connectivity index (χ0) is 19.9. The third-order valence-electron chi connectivity index (χ3n) is 4.47. The van der Waals surface area contributed by atoms with E-state index in [4.69, 9.17) is 0 Å². The largest absolute Gasteiger partial charge is 0.326 e. The molecule has 0 aliphatic carbocycles. The summed E-state index contributed by atoms with van der Waals surface area (Å²) in [6, 6.07) is 20.9. The van der Waals surface area contributed by atoms with Crippen molar-refractivity contribution in [1.29, 1.82) is 0 Å². The number of para-hydroxylation sites is 1. The predicted molar refractivity (Wildman–Crippen MR) is 114 cm³/mol. The number of hydrogen-bond donors (Lipinski definition) is 2. The van der Waals surface area contributed by atoms with Gasteiger partial charge in [-0.15, -0.1) is 0 Å². The number of carbonyl (C=O) groups is 2. The molecule has 0 bridgehead atoms. The first-order chi connectivity index (χ1) is 13.6. The van der Waals surface area contributed by atoms with E-state index in [1.165, 1.54) is 0 Å². The zero-order valence-electron chi connectivity index (χ0n) is 16.0. The van der Waals surface area contributed by atoms with Crippen LogP contribution in [0.5, 0.6) is 0 Å². The fourth-order valence-electron chi connectivity index (χ4n) is 3.05. The van der Waals surface area contributed by atoms with Gasteiger partial charge in [0.05, 0.1) is 6.42 Å². The van der Waals surface area contributed by atoms with Gasteiger partial charge in [0.25, 0.3) is 5.91 Å². The number of hydrogen-bond acceptors (Lipinski definition) is 3. The summed E-state index contributed by atoms with van der Waals surface area (Å²) in [7, 11) is 0. The van der Waals surface area contributed by atoms with Crippen molar-refractivity contribution in [3.63, 3.8) is 0 Å². The van der Waals surface area contributed by atoms with E-state index in [9.17, 15) is 9.59 Å². The van der Waals surface area contributed by atoms with Crippen LogP contribution in [-0.4, -0.2) is 17.5 Å². The van der Waals surface area contributed by atoms with Gasteiger partial charge in [0.2, 0.25) is 5.91 Å². The molecular weight excluding hydrogens is 350 g/mol. The van der Waals surface area contributed by atoms with E-state index in [0.29, 0.717) is 11.3 Å². The van der Waals surface area contributed by atoms with E-state index in [2.05, 4.69) is 15.8 Å². The Kier molecular flexibility index (Phi) is 6.17. The Morgan fingerprint density at radius 1 is 0.929 bits per heavy atom. The lowest BCUT2D eigenvalue weighted by molar-refractivity contribution is -0.115. The number of benzene rings is 3. The van der Waals surface area contributed by atoms with Crippen LogP contribution in [0, 0.1) is 0 Å². The Balaban J connectivity index is 1.63. The molecule has 3 aromatic carbocycles. The molecule has 0 aromatic heterocycles. The molecule has 0 unspecified atom stereocenters. The lowest BCUT2D eigenvalue weighted by Crippen LogP contribution is -2.22. The van der Waals surface area contributed by atoms with Gasteiger partial charge in [-0.3, -0.25) is 9.59 Å². The van der Waals surface area contributed by atoms with Crippen LogP contribution in [-0.2, 0) is 11.2 Å². The first-order valence-electron chi connectivity index (χ1n) is 9.27. The molecule has 142 valence electrons. The average Bonchev–Trinajstić information content (AvgIpc) is 2.72. The summed E-state index contributed by atoms with van der Waals surface area (Å²) < 4.78 is 0. The van der Waals surface area contributed by atoms with Gasteiger partial charge in [-0.2, -0.15) is 5.10 Å². The van der Waals surface area contributed by atoms with Crippen molar-refractivity contribution in [2.75, 3.05) is 5.32 Å². The first kappa shape index (κ1) is 19.3. The van der Waals surface area contributed by atoms with Crippen LogP contribution in [0.25, 0.3) is 10.8 Å². The molecule has 5 heteroatoms. The summed E-state index contributed by atoms with van der Waals surface area (Å²) >= 11 is 0. The standard InChI is InChI=1S/C23H23N3O2/c1-3-17-9-5-7-14-21(17)24-22(27)15-16(2)25-26-23(28)20-13-8-11-18-10-4-6-12-19(18)20/h4-14H,3,15H2,1-2H3,(H,24,27)(H,26,28)/b25-16+. The van der Waals surface area contributed by atoms with E-state index in [-0.39, 0.29) is 18.2 Å². The Bertz CT molecular complexity index is 1040. The number of rotatable bonds is 6. The summed E-state index contributed by atoms with van der Waals surface area (Å²) in [6.07, 6.45) is 0.943. The van der Waals surface area contributed by atoms with Crippen molar-refractivity contribution >= 4 is 34.0 Å². The number of aryl methyl sites for hydroxylation is 1. The number of nitrogens with one attached hydrogen (secondary N) is 2. The number of amides is 2. The third-order valence-corrected chi connectivity index (χ3v) is 4.47. The second kappa shape index (κ2) is 8.95. The van der Waals surface area contributed by atoms with Gasteiger partial charge >= 0.3 is 0 Å². The quantitative estimate of drug-likeness (QED) is 0.492. The summed E-state index contributed by atoms with van der Waals surface area (Å²) in [5.41, 5.74) is 5.52. The highest BCUT2D eigenvalue weighted by Gasteiger charge is 2.10. The second-order valence-electron chi connectivity index (χ2n) is 6.55. The average molecular weight is 373 g/mol. The maximum Gasteiger partial charge on any atom is 0.271 e. The molecule has 0 aliphatic heterocycles. The molecule has 3 aromatic rings. The highest BCUT2D eigenvalue weighted by molar-refractivity contribution is 6.08. The second-order valence-corrected chi connectivity index (χ2v) is 6.55. The van der Waals surface area contributed by atoms with Crippen LogP contribution >= 0.6 is 0 Å². The van der Waals surface area contributed by atoms with Crippen LogP contribution in [0.15, 0.2) is 71.8 Å². The zero-order valence-corrected chi connectivity index (χ0v) is 16.0. The summed E-state index contributed by atoms with van der Waals surface area (Å²) in [6.45, 7) is 3.76. The molecule has 28 heavy (non-hydrogen) atoms. The van der Waals surface area contributed by atoms with Crippen molar-refractivity contribution in [2.45, 2.75) is 26.7 Å². The Labute approximate surface area is 164 Å². The Morgan fingerprint density at radius 2 is 1.64 bits per heavy atom. The summed E-state index contributed by atoms with van der Waals surface area (Å²) in [5.74, 6) is -0.463. The molecule has 0 aliphatic rings. The molecule has 5 nitrogen and oxygen atoms in total. The molecule has 0 spiro atoms. The highest BCUT2D eigenvalue weighted by atomic mass is 16.2. The molecule has 0 heterocycles. The summed E-state index contributed by atoms with van der Waals surface area (Å²) in [5, 5.41) is 8.85.